The number of unbranched alkanes of at least 4 members (excludes halogenated alkanes) is 9. The third-order valence-electron chi connectivity index (χ3n) is 8.16. The van der Waals surface area contributed by atoms with Gasteiger partial charge in [-0.15, -0.1) is 0 Å². The fourth-order valence-electron chi connectivity index (χ4n) is 5.51. The van der Waals surface area contributed by atoms with Gasteiger partial charge in [0.15, 0.2) is 0 Å². The summed E-state index contributed by atoms with van der Waals surface area (Å²) in [6, 6.07) is 0. The largest absolute Gasteiger partial charge is 0.481 e. The van der Waals surface area contributed by atoms with Gasteiger partial charge < -0.3 is 40.4 Å². The van der Waals surface area contributed by atoms with Crippen molar-refractivity contribution in [2.45, 2.75) is 148 Å². The van der Waals surface area contributed by atoms with Gasteiger partial charge in [0.1, 0.15) is 6.61 Å². The molecule has 0 aromatic rings. The minimum absolute atomic E-state index is 0.0722. The van der Waals surface area contributed by atoms with Gasteiger partial charge in [0, 0.05) is 45.2 Å². The Balaban J connectivity index is 4.54. The van der Waals surface area contributed by atoms with Crippen molar-refractivity contribution in [3.8, 4) is 0 Å². The second-order valence-corrected chi connectivity index (χ2v) is 12.7. The third-order valence-corrected chi connectivity index (χ3v) is 8.16. The van der Waals surface area contributed by atoms with Gasteiger partial charge in [-0.1, -0.05) is 71.1 Å². The normalized spacial score (nSPS) is 12.5. The smallest absolute Gasteiger partial charge is 0.350 e. The van der Waals surface area contributed by atoms with E-state index in [1.54, 1.807) is 0 Å². The van der Waals surface area contributed by atoms with Crippen molar-refractivity contribution in [2.75, 3.05) is 19.7 Å². The van der Waals surface area contributed by atoms with Crippen LogP contribution >= 0.6 is 0 Å². The van der Waals surface area contributed by atoms with Crippen molar-refractivity contribution in [3.05, 3.63) is 0 Å². The first-order valence-electron chi connectivity index (χ1n) is 17.7. The summed E-state index contributed by atoms with van der Waals surface area (Å²) < 4.78 is 5.76. The van der Waals surface area contributed by atoms with Crippen LogP contribution in [0, 0.1) is 11.8 Å². The van der Waals surface area contributed by atoms with E-state index in [1.807, 2.05) is 0 Å². The summed E-state index contributed by atoms with van der Waals surface area (Å²) in [6.07, 6.45) is 9.65. The molecule has 0 aromatic heterocycles. The highest BCUT2D eigenvalue weighted by Crippen LogP contribution is 2.18. The Morgan fingerprint density at radius 2 is 1.06 bits per heavy atom. The lowest BCUT2D eigenvalue weighted by atomic mass is 9.97. The van der Waals surface area contributed by atoms with Gasteiger partial charge in [-0.05, 0) is 43.9 Å². The maximum atomic E-state index is 12.3. The van der Waals surface area contributed by atoms with Crippen LogP contribution in [0.3, 0.4) is 0 Å². The molecule has 0 rings (SSSR count). The Morgan fingerprint density at radius 1 is 0.592 bits per heavy atom. The number of aliphatic carboxylic acids is 4. The van der Waals surface area contributed by atoms with Crippen LogP contribution in [0.4, 0.5) is 0 Å². The van der Waals surface area contributed by atoms with E-state index in [0.717, 1.165) is 57.8 Å². The molecule has 0 radical (unpaired) electrons. The van der Waals surface area contributed by atoms with Gasteiger partial charge >= 0.3 is 29.8 Å². The Kier molecular flexibility index (Phi) is 27.6. The van der Waals surface area contributed by atoms with E-state index in [0.29, 0.717) is 25.7 Å². The van der Waals surface area contributed by atoms with Crippen molar-refractivity contribution in [3.63, 3.8) is 0 Å². The average molecular weight is 705 g/mol. The Morgan fingerprint density at radius 3 is 1.59 bits per heavy atom. The van der Waals surface area contributed by atoms with E-state index in [4.69, 9.17) is 30.0 Å². The molecule has 0 saturated heterocycles. The summed E-state index contributed by atoms with van der Waals surface area (Å²) in [4.78, 5) is 73.0. The first-order valence-corrected chi connectivity index (χ1v) is 17.7. The fourth-order valence-corrected chi connectivity index (χ4v) is 5.51. The Labute approximate surface area is 289 Å². The summed E-state index contributed by atoms with van der Waals surface area (Å²) in [7, 11) is 0. The van der Waals surface area contributed by atoms with Crippen LogP contribution in [0.5, 0.6) is 0 Å². The molecule has 15 heteroatoms. The molecule has 0 bridgehead atoms. The second-order valence-electron chi connectivity index (χ2n) is 12.7. The molecule has 0 spiro atoms. The molecule has 0 aliphatic carbocycles. The molecule has 284 valence electrons. The average Bonchev–Trinajstić information content (AvgIpc) is 3.00. The van der Waals surface area contributed by atoms with Gasteiger partial charge in [-0.25, -0.2) is 4.79 Å². The number of carbonyl (C=O) groups is 6. The molecule has 0 fully saturated rings. The zero-order valence-electron chi connectivity index (χ0n) is 29.1. The predicted molar refractivity (Wildman–Crippen MR) is 178 cm³/mol. The molecule has 49 heavy (non-hydrogen) atoms. The van der Waals surface area contributed by atoms with Crippen molar-refractivity contribution >= 4 is 35.8 Å². The number of rotatable bonds is 34. The highest BCUT2D eigenvalue weighted by atomic mass is 16.7. The number of carboxylic acid groups (broad SMARTS) is 4. The van der Waals surface area contributed by atoms with E-state index in [-0.39, 0.29) is 57.5 Å². The molecule has 0 aromatic carbocycles. The number of aliphatic hydroxyl groups excluding tert-OH is 1. The lowest BCUT2D eigenvalue weighted by Gasteiger charge is -2.23. The molecule has 1 amide bonds. The monoisotopic (exact) mass is 704 g/mol. The molecule has 0 saturated carbocycles. The van der Waals surface area contributed by atoms with Crippen LogP contribution in [0.2, 0.25) is 0 Å². The van der Waals surface area contributed by atoms with E-state index >= 15 is 0 Å². The molecule has 15 nitrogen and oxygen atoms in total. The maximum Gasteiger partial charge on any atom is 0.350 e. The Bertz CT molecular complexity index is 930. The summed E-state index contributed by atoms with van der Waals surface area (Å²) in [6.45, 7) is 2.04. The van der Waals surface area contributed by atoms with Crippen LogP contribution in [-0.2, 0) is 38.3 Å². The lowest BCUT2D eigenvalue weighted by molar-refractivity contribution is -0.162. The molecule has 2 unspecified atom stereocenters. The number of hydrogen-bond acceptors (Lipinski definition) is 10. The molecular weight excluding hydrogens is 644 g/mol. The van der Waals surface area contributed by atoms with Gasteiger partial charge in [-0.3, -0.25) is 24.0 Å². The molecule has 0 aliphatic heterocycles. The number of hydroxylamine groups is 1. The van der Waals surface area contributed by atoms with Crippen molar-refractivity contribution in [2.24, 2.45) is 11.8 Å². The van der Waals surface area contributed by atoms with Crippen molar-refractivity contribution < 1.29 is 63.9 Å². The number of carboxylic acids is 4. The second kappa shape index (κ2) is 29.6. The molecule has 2 atom stereocenters. The Hall–Kier alpha value is -3.30. The number of carbonyl (C=O) groups excluding carboxylic acids is 2. The van der Waals surface area contributed by atoms with Crippen molar-refractivity contribution in [1.29, 1.82) is 0 Å². The lowest BCUT2D eigenvalue weighted by Crippen LogP contribution is -2.33. The van der Waals surface area contributed by atoms with Crippen LogP contribution < -0.4 is 10.8 Å². The van der Waals surface area contributed by atoms with Gasteiger partial charge in [0.05, 0.1) is 12.2 Å². The number of hydrogen-bond donors (Lipinski definition) is 7. The van der Waals surface area contributed by atoms with E-state index in [1.165, 1.54) is 6.42 Å². The number of aliphatic hydroxyl groups is 1. The van der Waals surface area contributed by atoms with Gasteiger partial charge in [0.2, 0.25) is 5.91 Å². The molecule has 7 N–H and O–H groups in total. The van der Waals surface area contributed by atoms with E-state index in [9.17, 15) is 33.9 Å². The quantitative estimate of drug-likeness (QED) is 0.0365. The molecule has 0 aliphatic rings. The van der Waals surface area contributed by atoms with Crippen LogP contribution in [0.1, 0.15) is 135 Å². The SMILES string of the molecule is CCCCCCCCC(O)C(CCCCCCCC(=O)NCCC(CC(=O)O)CC(=O)O)OCC(=O)ONCCC(CC(=O)O)CC(=O)O. The minimum Gasteiger partial charge on any atom is -0.481 e. The summed E-state index contributed by atoms with van der Waals surface area (Å²) in [5, 5.41) is 49.3. The van der Waals surface area contributed by atoms with E-state index < -0.39 is 60.5 Å². The van der Waals surface area contributed by atoms with Crippen LogP contribution in [0.25, 0.3) is 0 Å². The van der Waals surface area contributed by atoms with Crippen LogP contribution in [0.15, 0.2) is 0 Å². The molecular formula is C34H60N2O13. The third kappa shape index (κ3) is 29.3. The standard InChI is InChI=1S/C34H60N2O13/c1-2-3-4-5-7-10-13-27(37)28(48-24-34(47)49-36-19-17-26(22-32(43)44)23-33(45)46)14-11-8-6-9-12-15-29(38)35-18-16-25(20-30(39)40)21-31(41)42/h25-28,36-37H,2-24H2,1H3,(H,35,38)(H,39,40)(H,41,42)(H,43,44)(H,45,46). The zero-order valence-corrected chi connectivity index (χ0v) is 29.1. The van der Waals surface area contributed by atoms with Gasteiger partial charge in [0.25, 0.3) is 0 Å². The van der Waals surface area contributed by atoms with Gasteiger partial charge in [-0.2, -0.15) is 5.48 Å². The number of amides is 1. The predicted octanol–water partition coefficient (Wildman–Crippen LogP) is 4.29. The maximum absolute atomic E-state index is 12.3. The highest BCUT2D eigenvalue weighted by Gasteiger charge is 2.22. The summed E-state index contributed by atoms with van der Waals surface area (Å²) in [5.41, 5.74) is 2.43. The molecule has 0 heterocycles. The zero-order chi connectivity index (χ0) is 36.9. The summed E-state index contributed by atoms with van der Waals surface area (Å²) >= 11 is 0. The fraction of sp³-hybridized carbons (Fsp3) is 0.824. The number of nitrogens with one attached hydrogen (secondary N) is 2. The number of ether oxygens (including phenoxy) is 1. The first-order chi connectivity index (χ1) is 23.3. The van der Waals surface area contributed by atoms with Crippen LogP contribution in [-0.4, -0.2) is 93.2 Å². The highest BCUT2D eigenvalue weighted by molar-refractivity contribution is 5.76. The first kappa shape index (κ1) is 45.7. The minimum atomic E-state index is -1.11. The summed E-state index contributed by atoms with van der Waals surface area (Å²) in [5.74, 6) is -6.41. The topological polar surface area (TPSA) is 246 Å². The van der Waals surface area contributed by atoms with E-state index in [2.05, 4.69) is 17.7 Å². The van der Waals surface area contributed by atoms with Crippen molar-refractivity contribution in [1.82, 2.24) is 10.8 Å².